The molecule has 0 fully saturated rings. The van der Waals surface area contributed by atoms with E-state index >= 15 is 0 Å². The molecule has 1 aromatic heterocycles. The number of aromatic nitrogens is 1. The van der Waals surface area contributed by atoms with Gasteiger partial charge in [0.2, 0.25) is 0 Å². The predicted molar refractivity (Wildman–Crippen MR) is 145 cm³/mol. The lowest BCUT2D eigenvalue weighted by Crippen LogP contribution is -2.18. The molecule has 0 radical (unpaired) electrons. The Bertz CT molecular complexity index is 1600. The highest BCUT2D eigenvalue weighted by Crippen LogP contribution is 2.28. The smallest absolute Gasteiger partial charge is 0.261 e. The summed E-state index contributed by atoms with van der Waals surface area (Å²) in [7, 11) is -3.84. The van der Waals surface area contributed by atoms with Gasteiger partial charge in [-0.3, -0.25) is 14.8 Å². The van der Waals surface area contributed by atoms with Crippen molar-refractivity contribution in [2.24, 2.45) is 0 Å². The van der Waals surface area contributed by atoms with Crippen molar-refractivity contribution in [2.75, 3.05) is 10.0 Å². The van der Waals surface area contributed by atoms with Crippen LogP contribution in [0.1, 0.15) is 10.4 Å². The normalized spacial score (nSPS) is 11.1. The minimum absolute atomic E-state index is 0.114. The van der Waals surface area contributed by atoms with Crippen molar-refractivity contribution in [1.29, 1.82) is 0 Å². The summed E-state index contributed by atoms with van der Waals surface area (Å²) in [4.78, 5) is 17.7. The monoisotopic (exact) mass is 511 g/mol. The molecule has 0 bridgehead atoms. The number of hydrogen-bond acceptors (Lipinski definition) is 5. The third-order valence-electron chi connectivity index (χ3n) is 5.48. The van der Waals surface area contributed by atoms with Crippen LogP contribution < -0.4 is 10.0 Å². The third-order valence-corrected chi connectivity index (χ3v) is 7.62. The van der Waals surface area contributed by atoms with E-state index in [2.05, 4.69) is 27.2 Å². The molecule has 0 spiro atoms. The SMILES string of the molecule is O=C(Nc1nc(-c2ccc(-c3ccccc3)cc2)cs1)c1ccccc1NS(=O)(=O)c1ccccc1. The second-order valence-corrected chi connectivity index (χ2v) is 10.4. The van der Waals surface area contributed by atoms with E-state index in [9.17, 15) is 13.2 Å². The summed E-state index contributed by atoms with van der Waals surface area (Å²) in [5, 5.41) is 5.08. The molecule has 2 N–H and O–H groups in total. The first-order chi connectivity index (χ1) is 17.5. The van der Waals surface area contributed by atoms with Crippen LogP contribution in [0.15, 0.2) is 119 Å². The van der Waals surface area contributed by atoms with Crippen molar-refractivity contribution < 1.29 is 13.2 Å². The quantitative estimate of drug-likeness (QED) is 0.260. The lowest BCUT2D eigenvalue weighted by atomic mass is 10.0. The first kappa shape index (κ1) is 23.5. The molecular formula is C28H21N3O3S2. The summed E-state index contributed by atoms with van der Waals surface area (Å²) >= 11 is 1.30. The van der Waals surface area contributed by atoms with Crippen LogP contribution in [0.4, 0.5) is 10.8 Å². The molecule has 1 heterocycles. The Morgan fingerprint density at radius 2 is 1.28 bits per heavy atom. The summed E-state index contributed by atoms with van der Waals surface area (Å²) in [6, 6.07) is 32.7. The Kier molecular flexibility index (Phi) is 6.62. The second-order valence-electron chi connectivity index (χ2n) is 7.90. The van der Waals surface area contributed by atoms with Crippen LogP contribution in [-0.2, 0) is 10.0 Å². The number of nitrogens with zero attached hydrogens (tertiary/aromatic N) is 1. The molecule has 0 saturated heterocycles. The van der Waals surface area contributed by atoms with Gasteiger partial charge >= 0.3 is 0 Å². The van der Waals surface area contributed by atoms with E-state index in [0.29, 0.717) is 5.13 Å². The number of nitrogens with one attached hydrogen (secondary N) is 2. The maximum atomic E-state index is 13.0. The van der Waals surface area contributed by atoms with Gasteiger partial charge in [-0.1, -0.05) is 84.9 Å². The second kappa shape index (κ2) is 10.2. The van der Waals surface area contributed by atoms with Crippen molar-refractivity contribution in [3.8, 4) is 22.4 Å². The van der Waals surface area contributed by atoms with E-state index in [1.54, 1.807) is 42.5 Å². The summed E-state index contributed by atoms with van der Waals surface area (Å²) < 4.78 is 28.0. The zero-order valence-electron chi connectivity index (χ0n) is 19.0. The van der Waals surface area contributed by atoms with E-state index in [-0.39, 0.29) is 16.1 Å². The minimum atomic E-state index is -3.84. The molecule has 0 saturated carbocycles. The summed E-state index contributed by atoms with van der Waals surface area (Å²) in [5.41, 5.74) is 4.30. The Morgan fingerprint density at radius 1 is 0.694 bits per heavy atom. The van der Waals surface area contributed by atoms with Crippen LogP contribution in [-0.4, -0.2) is 19.3 Å². The summed E-state index contributed by atoms with van der Waals surface area (Å²) in [5.74, 6) is -0.457. The van der Waals surface area contributed by atoms with Gasteiger partial charge in [-0.25, -0.2) is 13.4 Å². The number of sulfonamides is 1. The van der Waals surface area contributed by atoms with Crippen molar-refractivity contribution in [2.45, 2.75) is 4.90 Å². The zero-order chi connectivity index (χ0) is 25.0. The highest BCUT2D eigenvalue weighted by atomic mass is 32.2. The number of anilines is 2. The number of hydrogen-bond donors (Lipinski definition) is 2. The molecule has 5 rings (SSSR count). The standard InChI is InChI=1S/C28H21N3O3S2/c32-27(24-13-7-8-14-25(24)31-36(33,34)23-11-5-2-6-12-23)30-28-29-26(19-35-28)22-17-15-21(16-18-22)20-9-3-1-4-10-20/h1-19,31H,(H,29,30,32). The molecule has 0 aliphatic rings. The molecule has 36 heavy (non-hydrogen) atoms. The van der Waals surface area contributed by atoms with E-state index in [1.165, 1.54) is 23.5 Å². The van der Waals surface area contributed by atoms with Gasteiger partial charge < -0.3 is 0 Å². The van der Waals surface area contributed by atoms with Gasteiger partial charge in [0.05, 0.1) is 21.8 Å². The topological polar surface area (TPSA) is 88.2 Å². The Hall–Kier alpha value is -4.27. The highest BCUT2D eigenvalue weighted by Gasteiger charge is 2.19. The van der Waals surface area contributed by atoms with Crippen LogP contribution >= 0.6 is 11.3 Å². The highest BCUT2D eigenvalue weighted by molar-refractivity contribution is 7.92. The van der Waals surface area contributed by atoms with E-state index in [4.69, 9.17) is 0 Å². The molecule has 178 valence electrons. The fourth-order valence-electron chi connectivity index (χ4n) is 3.67. The first-order valence-electron chi connectivity index (χ1n) is 11.1. The lowest BCUT2D eigenvalue weighted by molar-refractivity contribution is 0.102. The van der Waals surface area contributed by atoms with Gasteiger partial charge in [0.1, 0.15) is 0 Å². The van der Waals surface area contributed by atoms with Gasteiger partial charge in [0.15, 0.2) is 5.13 Å². The molecule has 4 aromatic carbocycles. The molecule has 6 nitrogen and oxygen atoms in total. The minimum Gasteiger partial charge on any atom is -0.298 e. The van der Waals surface area contributed by atoms with Gasteiger partial charge in [-0.2, -0.15) is 0 Å². The summed E-state index contributed by atoms with van der Waals surface area (Å²) in [6.45, 7) is 0. The average Bonchev–Trinajstić information content (AvgIpc) is 3.38. The molecule has 5 aromatic rings. The van der Waals surface area contributed by atoms with Gasteiger partial charge in [0, 0.05) is 10.9 Å². The number of thiazole rings is 1. The maximum absolute atomic E-state index is 13.0. The number of para-hydroxylation sites is 1. The Balaban J connectivity index is 1.32. The van der Waals surface area contributed by atoms with Gasteiger partial charge in [-0.05, 0) is 35.4 Å². The number of benzene rings is 4. The van der Waals surface area contributed by atoms with E-state index in [0.717, 1.165) is 22.4 Å². The van der Waals surface area contributed by atoms with Gasteiger partial charge in [-0.15, -0.1) is 11.3 Å². The van der Waals surface area contributed by atoms with Crippen molar-refractivity contribution in [3.63, 3.8) is 0 Å². The lowest BCUT2D eigenvalue weighted by Gasteiger charge is -2.12. The fourth-order valence-corrected chi connectivity index (χ4v) is 5.48. The average molecular weight is 512 g/mol. The molecular weight excluding hydrogens is 490 g/mol. The fraction of sp³-hybridized carbons (Fsp3) is 0. The van der Waals surface area contributed by atoms with Crippen molar-refractivity contribution in [1.82, 2.24) is 4.98 Å². The van der Waals surface area contributed by atoms with Gasteiger partial charge in [0.25, 0.3) is 15.9 Å². The summed E-state index contributed by atoms with van der Waals surface area (Å²) in [6.07, 6.45) is 0. The third kappa shape index (κ3) is 5.19. The number of amides is 1. The van der Waals surface area contributed by atoms with Crippen molar-refractivity contribution >= 4 is 38.1 Å². The van der Waals surface area contributed by atoms with E-state index < -0.39 is 15.9 Å². The maximum Gasteiger partial charge on any atom is 0.261 e. The Morgan fingerprint density at radius 3 is 2.00 bits per heavy atom. The van der Waals surface area contributed by atoms with E-state index in [1.807, 2.05) is 47.8 Å². The van der Waals surface area contributed by atoms with Crippen LogP contribution in [0.3, 0.4) is 0 Å². The largest absolute Gasteiger partial charge is 0.298 e. The van der Waals surface area contributed by atoms with Crippen LogP contribution in [0, 0.1) is 0 Å². The van der Waals surface area contributed by atoms with Crippen LogP contribution in [0.2, 0.25) is 0 Å². The molecule has 0 unspecified atom stereocenters. The molecule has 8 heteroatoms. The predicted octanol–water partition coefficient (Wildman–Crippen LogP) is 6.53. The van der Waals surface area contributed by atoms with Crippen molar-refractivity contribution in [3.05, 3.63) is 120 Å². The number of carbonyl (C=O) groups is 1. The number of rotatable bonds is 7. The number of carbonyl (C=O) groups excluding carboxylic acids is 1. The van der Waals surface area contributed by atoms with Crippen LogP contribution in [0.5, 0.6) is 0 Å². The van der Waals surface area contributed by atoms with Crippen LogP contribution in [0.25, 0.3) is 22.4 Å². The zero-order valence-corrected chi connectivity index (χ0v) is 20.6. The Labute approximate surface area is 213 Å². The molecule has 0 aliphatic carbocycles. The molecule has 0 atom stereocenters. The molecule has 1 amide bonds. The molecule has 0 aliphatic heterocycles. The first-order valence-corrected chi connectivity index (χ1v) is 13.5.